The second kappa shape index (κ2) is 7.90. The van der Waals surface area contributed by atoms with Crippen LogP contribution in [0.2, 0.25) is 5.02 Å². The molecule has 128 valence electrons. The molecule has 3 rings (SSSR count). The van der Waals surface area contributed by atoms with Crippen molar-refractivity contribution >= 4 is 23.6 Å². The molecule has 0 radical (unpaired) electrons. The Labute approximate surface area is 151 Å². The number of benzene rings is 2. The number of fused-ring (bicyclic) bond motifs is 1. The van der Waals surface area contributed by atoms with E-state index in [2.05, 4.69) is 5.32 Å². The Bertz CT molecular complexity index is 828. The highest BCUT2D eigenvalue weighted by Gasteiger charge is 2.16. The molecule has 0 saturated heterocycles. The van der Waals surface area contributed by atoms with Crippen LogP contribution in [0.4, 0.5) is 0 Å². The number of amides is 1. The predicted octanol–water partition coefficient (Wildman–Crippen LogP) is 4.00. The molecule has 0 unspecified atom stereocenters. The minimum atomic E-state index is -0.164. The minimum absolute atomic E-state index is 0.164. The highest BCUT2D eigenvalue weighted by molar-refractivity contribution is 6.31. The van der Waals surface area contributed by atoms with Crippen LogP contribution in [0.1, 0.15) is 11.1 Å². The van der Waals surface area contributed by atoms with Crippen LogP contribution in [-0.4, -0.2) is 19.6 Å². The van der Waals surface area contributed by atoms with E-state index < -0.39 is 0 Å². The number of halogens is 1. The van der Waals surface area contributed by atoms with Gasteiger partial charge >= 0.3 is 0 Å². The van der Waals surface area contributed by atoms with E-state index in [4.69, 9.17) is 21.1 Å². The van der Waals surface area contributed by atoms with Gasteiger partial charge in [0.1, 0.15) is 0 Å². The van der Waals surface area contributed by atoms with Crippen molar-refractivity contribution < 1.29 is 14.3 Å². The molecule has 0 saturated carbocycles. The first kappa shape index (κ1) is 17.1. The Balaban J connectivity index is 1.73. The van der Waals surface area contributed by atoms with Crippen molar-refractivity contribution in [3.63, 3.8) is 0 Å². The second-order valence-electron chi connectivity index (χ2n) is 5.54. The molecule has 1 heterocycles. The van der Waals surface area contributed by atoms with Gasteiger partial charge < -0.3 is 14.8 Å². The van der Waals surface area contributed by atoms with Crippen LogP contribution in [-0.2, 0) is 11.2 Å². The molecule has 4 nitrogen and oxygen atoms in total. The zero-order valence-corrected chi connectivity index (χ0v) is 14.5. The lowest BCUT2D eigenvalue weighted by Crippen LogP contribution is -2.26. The van der Waals surface area contributed by atoms with Crippen molar-refractivity contribution in [2.75, 3.05) is 13.7 Å². The van der Waals surface area contributed by atoms with Crippen molar-refractivity contribution in [2.24, 2.45) is 0 Å². The molecule has 2 aromatic rings. The summed E-state index contributed by atoms with van der Waals surface area (Å²) in [4.78, 5) is 12.4. The van der Waals surface area contributed by atoms with E-state index >= 15 is 0 Å². The summed E-state index contributed by atoms with van der Waals surface area (Å²) in [5, 5.41) is 3.44. The lowest BCUT2D eigenvalue weighted by Gasteiger charge is -2.10. The van der Waals surface area contributed by atoms with Crippen LogP contribution < -0.4 is 14.8 Å². The van der Waals surface area contributed by atoms with Gasteiger partial charge in [-0.3, -0.25) is 4.79 Å². The predicted molar refractivity (Wildman–Crippen MR) is 98.9 cm³/mol. The van der Waals surface area contributed by atoms with Crippen LogP contribution >= 0.6 is 11.6 Å². The van der Waals surface area contributed by atoms with Crippen molar-refractivity contribution in [3.8, 4) is 11.5 Å². The molecule has 0 aliphatic carbocycles. The summed E-state index contributed by atoms with van der Waals surface area (Å²) in [6, 6.07) is 13.4. The van der Waals surface area contributed by atoms with Gasteiger partial charge in [-0.05, 0) is 30.2 Å². The summed E-state index contributed by atoms with van der Waals surface area (Å²) < 4.78 is 10.9. The third-order valence-corrected chi connectivity index (χ3v) is 4.04. The summed E-state index contributed by atoms with van der Waals surface area (Å²) in [5.41, 5.74) is 2.37. The van der Waals surface area contributed by atoms with Gasteiger partial charge in [0.25, 0.3) is 5.91 Å². The molecule has 1 amide bonds. The number of methoxy groups -OCH3 is 1. The van der Waals surface area contributed by atoms with E-state index in [9.17, 15) is 4.79 Å². The van der Waals surface area contributed by atoms with E-state index in [1.165, 1.54) is 11.8 Å². The quantitative estimate of drug-likeness (QED) is 0.882. The van der Waals surface area contributed by atoms with Crippen LogP contribution in [0, 0.1) is 0 Å². The number of ether oxygens (including phenoxy) is 2. The van der Waals surface area contributed by atoms with E-state index in [1.807, 2.05) is 30.3 Å². The molecule has 1 N–H and O–H groups in total. The molecular formula is C20H18ClNO3. The van der Waals surface area contributed by atoms with Gasteiger partial charge in [-0.25, -0.2) is 0 Å². The highest BCUT2D eigenvalue weighted by Crippen LogP contribution is 2.37. The number of nitrogens with one attached hydrogen (secondary N) is 1. The molecule has 5 heteroatoms. The minimum Gasteiger partial charge on any atom is -0.493 e. The van der Waals surface area contributed by atoms with Gasteiger partial charge in [0.05, 0.1) is 13.4 Å². The average molecular weight is 356 g/mol. The molecule has 2 aromatic carbocycles. The summed E-state index contributed by atoms with van der Waals surface area (Å²) in [6.45, 7) is 0.556. The number of carbonyl (C=O) groups excluding carboxylic acids is 1. The van der Waals surface area contributed by atoms with Crippen molar-refractivity contribution in [1.82, 2.24) is 5.32 Å². The second-order valence-corrected chi connectivity index (χ2v) is 5.97. The third-order valence-electron chi connectivity index (χ3n) is 3.82. The Kier molecular flexibility index (Phi) is 5.41. The topological polar surface area (TPSA) is 47.6 Å². The first-order valence-electron chi connectivity index (χ1n) is 7.92. The van der Waals surface area contributed by atoms with Gasteiger partial charge in [0.15, 0.2) is 11.5 Å². The maximum Gasteiger partial charge on any atom is 0.251 e. The lowest BCUT2D eigenvalue weighted by molar-refractivity contribution is -0.117. The third kappa shape index (κ3) is 4.22. The smallest absolute Gasteiger partial charge is 0.251 e. The number of hydrogen-bond acceptors (Lipinski definition) is 3. The average Bonchev–Trinajstić information content (AvgIpc) is 2.84. The first-order valence-corrected chi connectivity index (χ1v) is 8.30. The lowest BCUT2D eigenvalue weighted by atomic mass is 10.1. The zero-order chi connectivity index (χ0) is 17.6. The highest BCUT2D eigenvalue weighted by atomic mass is 35.5. The van der Waals surface area contributed by atoms with Crippen LogP contribution in [0.25, 0.3) is 6.08 Å². The van der Waals surface area contributed by atoms with Gasteiger partial charge in [-0.1, -0.05) is 41.9 Å². The van der Waals surface area contributed by atoms with Gasteiger partial charge in [0.2, 0.25) is 0 Å². The molecular weight excluding hydrogens is 338 g/mol. The van der Waals surface area contributed by atoms with Gasteiger partial charge in [0, 0.05) is 28.8 Å². The molecule has 1 aliphatic rings. The largest absolute Gasteiger partial charge is 0.493 e. The Morgan fingerprint density at radius 2 is 2.04 bits per heavy atom. The van der Waals surface area contributed by atoms with E-state index in [-0.39, 0.29) is 5.91 Å². The maximum absolute atomic E-state index is 12.4. The fraction of sp³-hybridized carbons (Fsp3) is 0.150. The van der Waals surface area contributed by atoms with Crippen molar-refractivity contribution in [1.29, 1.82) is 0 Å². The number of rotatable bonds is 5. The van der Waals surface area contributed by atoms with Crippen LogP contribution in [0.15, 0.2) is 60.4 Å². The molecule has 1 aliphatic heterocycles. The summed E-state index contributed by atoms with van der Waals surface area (Å²) >= 11 is 6.11. The van der Waals surface area contributed by atoms with Crippen LogP contribution in [0.3, 0.4) is 0 Å². The zero-order valence-electron chi connectivity index (χ0n) is 13.8. The Morgan fingerprint density at radius 3 is 2.80 bits per heavy atom. The van der Waals surface area contributed by atoms with Crippen LogP contribution in [0.5, 0.6) is 11.5 Å². The van der Waals surface area contributed by atoms with Crippen molar-refractivity contribution in [2.45, 2.75) is 6.42 Å². The van der Waals surface area contributed by atoms with Gasteiger partial charge in [-0.2, -0.15) is 0 Å². The first-order chi connectivity index (χ1) is 12.2. The van der Waals surface area contributed by atoms with E-state index in [1.54, 1.807) is 31.4 Å². The summed E-state index contributed by atoms with van der Waals surface area (Å²) in [7, 11) is 1.55. The summed E-state index contributed by atoms with van der Waals surface area (Å²) in [5.74, 6) is 0.895. The molecule has 0 bridgehead atoms. The SMILES string of the molecule is COc1cc(Cl)cc2c1OC=CC(C(=O)NCCc1ccccc1)=C2. The molecule has 25 heavy (non-hydrogen) atoms. The Hall–Kier alpha value is -2.72. The van der Waals surface area contributed by atoms with E-state index in [0.29, 0.717) is 34.2 Å². The maximum atomic E-state index is 12.4. The molecule has 0 spiro atoms. The molecule has 0 atom stereocenters. The Morgan fingerprint density at radius 1 is 1.24 bits per heavy atom. The van der Waals surface area contributed by atoms with Gasteiger partial charge in [-0.15, -0.1) is 0 Å². The fourth-order valence-electron chi connectivity index (χ4n) is 2.57. The number of carbonyl (C=O) groups is 1. The normalized spacial score (nSPS) is 12.5. The molecule has 0 fully saturated rings. The molecule has 0 aromatic heterocycles. The number of hydrogen-bond donors (Lipinski definition) is 1. The van der Waals surface area contributed by atoms with Crippen molar-refractivity contribution in [3.05, 3.63) is 76.5 Å². The fourth-order valence-corrected chi connectivity index (χ4v) is 2.79. The van der Waals surface area contributed by atoms with E-state index in [0.717, 1.165) is 6.42 Å². The summed E-state index contributed by atoms with van der Waals surface area (Å²) in [6.07, 6.45) is 5.62. The standard InChI is InChI=1S/C20H18ClNO3/c1-24-18-13-17(21)12-16-11-15(8-10-25-19(16)18)20(23)22-9-7-14-5-3-2-4-6-14/h2-6,8,10-13H,7,9H2,1H3,(H,22,23). The monoisotopic (exact) mass is 355 g/mol.